The summed E-state index contributed by atoms with van der Waals surface area (Å²) in [6, 6.07) is 12.6. The molecule has 3 aromatic rings. The topological polar surface area (TPSA) is 131 Å². The molecule has 1 saturated heterocycles. The number of aliphatic hydroxyl groups excluding tert-OH is 1. The van der Waals surface area contributed by atoms with Crippen molar-refractivity contribution < 1.29 is 27.0 Å². The van der Waals surface area contributed by atoms with Crippen LogP contribution in [0.25, 0.3) is 22.0 Å². The SMILES string of the molecule is COCCN1CCCC(Nc2ncc3cc(-c4ccccc4C4C(F)C(O)C5=CC=CC(F)(S(N)(=O)=O)C54)ccc3n2)C1. The molecule has 1 aromatic heterocycles. The molecule has 12 heteroatoms. The van der Waals surface area contributed by atoms with E-state index in [0.717, 1.165) is 43.9 Å². The molecule has 2 fully saturated rings. The zero-order chi connectivity index (χ0) is 30.4. The fraction of sp³-hybridized carbons (Fsp3) is 0.419. The van der Waals surface area contributed by atoms with E-state index >= 15 is 8.78 Å². The number of fused-ring (bicyclic) bond motifs is 2. The number of hydrogen-bond acceptors (Lipinski definition) is 8. The first kappa shape index (κ1) is 29.8. The van der Waals surface area contributed by atoms with E-state index in [1.165, 1.54) is 12.2 Å². The van der Waals surface area contributed by atoms with Crippen molar-refractivity contribution in [2.75, 3.05) is 38.7 Å². The first-order valence-electron chi connectivity index (χ1n) is 14.4. The second-order valence-corrected chi connectivity index (χ2v) is 13.2. The van der Waals surface area contributed by atoms with Crippen LogP contribution in [0.4, 0.5) is 14.7 Å². The quantitative estimate of drug-likeness (QED) is 0.352. The summed E-state index contributed by atoms with van der Waals surface area (Å²) in [5.74, 6) is -2.30. The largest absolute Gasteiger partial charge is 0.386 e. The molecule has 0 bridgehead atoms. The van der Waals surface area contributed by atoms with Crippen LogP contribution in [0.15, 0.2) is 72.5 Å². The number of nitrogens with zero attached hydrogens (tertiary/aromatic N) is 3. The minimum Gasteiger partial charge on any atom is -0.386 e. The monoisotopic (exact) mass is 611 g/mol. The lowest BCUT2D eigenvalue weighted by Gasteiger charge is -2.34. The van der Waals surface area contributed by atoms with Crippen molar-refractivity contribution in [3.63, 3.8) is 0 Å². The number of sulfonamides is 1. The molecule has 43 heavy (non-hydrogen) atoms. The van der Waals surface area contributed by atoms with Crippen molar-refractivity contribution >= 4 is 26.9 Å². The number of nitrogens with one attached hydrogen (secondary N) is 1. The number of hydrogen-bond donors (Lipinski definition) is 3. The number of primary sulfonamides is 1. The predicted octanol–water partition coefficient (Wildman–Crippen LogP) is 3.68. The number of benzene rings is 2. The fourth-order valence-corrected chi connectivity index (χ4v) is 7.65. The number of halogens is 2. The molecule has 0 radical (unpaired) electrons. The van der Waals surface area contributed by atoms with Gasteiger partial charge in [0.2, 0.25) is 21.0 Å². The van der Waals surface area contributed by atoms with E-state index in [1.54, 1.807) is 37.6 Å². The average Bonchev–Trinajstić information content (AvgIpc) is 3.26. The van der Waals surface area contributed by atoms with Crippen molar-refractivity contribution in [3.05, 3.63) is 78.0 Å². The Bertz CT molecular complexity index is 1690. The van der Waals surface area contributed by atoms with E-state index in [2.05, 4.69) is 15.2 Å². The summed E-state index contributed by atoms with van der Waals surface area (Å²) < 4.78 is 62.1. The predicted molar refractivity (Wildman–Crippen MR) is 161 cm³/mol. The Balaban J connectivity index is 1.31. The molecule has 0 amide bonds. The highest BCUT2D eigenvalue weighted by molar-refractivity contribution is 7.90. The fourth-order valence-electron chi connectivity index (χ4n) is 6.75. The standard InChI is InChI=1S/C31H35F2N5O4S/c1-42-15-14-38-13-5-6-21(18-38)36-30-35-17-20-16-19(10-11-25(20)37-30)22-7-2-3-8-23(22)26-27-24(29(39)28(26)32)9-4-12-31(27,33)43(34,40)41/h2-4,7-12,16-17,21,26-29,39H,5-6,13-15,18H2,1H3,(H2,34,40,41)(H,35,36,37). The van der Waals surface area contributed by atoms with E-state index in [1.807, 2.05) is 18.2 Å². The zero-order valence-electron chi connectivity index (χ0n) is 23.7. The van der Waals surface area contributed by atoms with Gasteiger partial charge in [-0.2, -0.15) is 0 Å². The molecule has 2 heterocycles. The lowest BCUT2D eigenvalue weighted by atomic mass is 9.78. The van der Waals surface area contributed by atoms with Crippen LogP contribution < -0.4 is 10.5 Å². The van der Waals surface area contributed by atoms with E-state index < -0.39 is 39.1 Å². The van der Waals surface area contributed by atoms with Crippen LogP contribution in [0.3, 0.4) is 0 Å². The Labute approximate surface area is 249 Å². The average molecular weight is 612 g/mol. The van der Waals surface area contributed by atoms with Gasteiger partial charge in [0, 0.05) is 49.7 Å². The van der Waals surface area contributed by atoms with Gasteiger partial charge in [0.05, 0.1) is 12.1 Å². The molecular weight excluding hydrogens is 576 g/mol. The molecule has 6 atom stereocenters. The van der Waals surface area contributed by atoms with Crippen LogP contribution in [0.2, 0.25) is 0 Å². The van der Waals surface area contributed by atoms with Gasteiger partial charge in [0.25, 0.3) is 0 Å². The van der Waals surface area contributed by atoms with Crippen molar-refractivity contribution in [2.45, 2.75) is 42.1 Å². The third-order valence-electron chi connectivity index (χ3n) is 8.84. The molecule has 6 unspecified atom stereocenters. The number of likely N-dealkylation sites (tertiary alicyclic amines) is 1. The number of alkyl halides is 2. The van der Waals surface area contributed by atoms with Crippen LogP contribution in [0, 0.1) is 5.92 Å². The zero-order valence-corrected chi connectivity index (χ0v) is 24.6. The maximum atomic E-state index is 16.2. The van der Waals surface area contributed by atoms with Gasteiger partial charge in [-0.25, -0.2) is 32.3 Å². The summed E-state index contributed by atoms with van der Waals surface area (Å²) >= 11 is 0. The number of piperidine rings is 1. The number of aliphatic hydroxyl groups is 1. The molecule has 2 aliphatic carbocycles. The third-order valence-corrected chi connectivity index (χ3v) is 10.1. The number of allylic oxidation sites excluding steroid dienone is 2. The Morgan fingerprint density at radius 1 is 1.26 bits per heavy atom. The Hall–Kier alpha value is -3.29. The van der Waals surface area contributed by atoms with Gasteiger partial charge in [-0.3, -0.25) is 4.90 Å². The maximum Gasteiger partial charge on any atom is 0.249 e. The first-order valence-corrected chi connectivity index (χ1v) is 15.9. The van der Waals surface area contributed by atoms with Crippen LogP contribution in [0.5, 0.6) is 0 Å². The Morgan fingerprint density at radius 3 is 2.86 bits per heavy atom. The summed E-state index contributed by atoms with van der Waals surface area (Å²) in [4.78, 5) is 11.6. The molecule has 228 valence electrons. The summed E-state index contributed by atoms with van der Waals surface area (Å²) in [6.45, 7) is 3.49. The van der Waals surface area contributed by atoms with Crippen LogP contribution in [0.1, 0.15) is 24.3 Å². The van der Waals surface area contributed by atoms with Crippen molar-refractivity contribution in [1.82, 2.24) is 14.9 Å². The number of nitrogens with two attached hydrogens (primary N) is 1. The summed E-state index contributed by atoms with van der Waals surface area (Å²) in [6.07, 6.45) is 3.57. The number of rotatable bonds is 8. The Morgan fingerprint density at radius 2 is 2.07 bits per heavy atom. The van der Waals surface area contributed by atoms with E-state index in [0.29, 0.717) is 34.8 Å². The van der Waals surface area contributed by atoms with Crippen LogP contribution >= 0.6 is 0 Å². The van der Waals surface area contributed by atoms with Crippen LogP contribution in [-0.4, -0.2) is 85.1 Å². The van der Waals surface area contributed by atoms with Gasteiger partial charge in [-0.05, 0) is 59.9 Å². The first-order chi connectivity index (χ1) is 20.6. The number of ether oxygens (including phenoxy) is 1. The van der Waals surface area contributed by atoms with E-state index in [4.69, 9.17) is 14.9 Å². The smallest absolute Gasteiger partial charge is 0.249 e. The maximum absolute atomic E-state index is 16.2. The molecule has 9 nitrogen and oxygen atoms in total. The van der Waals surface area contributed by atoms with Gasteiger partial charge in [0.1, 0.15) is 12.3 Å². The van der Waals surface area contributed by atoms with Gasteiger partial charge in [-0.1, -0.05) is 42.5 Å². The molecule has 1 saturated carbocycles. The molecule has 3 aliphatic rings. The highest BCUT2D eigenvalue weighted by Crippen LogP contribution is 2.55. The van der Waals surface area contributed by atoms with Gasteiger partial charge < -0.3 is 15.2 Å². The normalized spacial score (nSPS) is 29.4. The number of aromatic nitrogens is 2. The van der Waals surface area contributed by atoms with Gasteiger partial charge in [-0.15, -0.1) is 0 Å². The molecular formula is C31H35F2N5O4S. The highest BCUT2D eigenvalue weighted by atomic mass is 32.2. The molecule has 6 rings (SSSR count). The summed E-state index contributed by atoms with van der Waals surface area (Å²) in [7, 11) is -3.10. The van der Waals surface area contributed by atoms with Crippen LogP contribution in [-0.2, 0) is 14.8 Å². The van der Waals surface area contributed by atoms with Crippen molar-refractivity contribution in [1.29, 1.82) is 0 Å². The Kier molecular flexibility index (Phi) is 8.07. The lowest BCUT2D eigenvalue weighted by Crippen LogP contribution is -2.47. The molecule has 0 spiro atoms. The van der Waals surface area contributed by atoms with E-state index in [9.17, 15) is 13.5 Å². The molecule has 4 N–H and O–H groups in total. The minimum absolute atomic E-state index is 0.0296. The third kappa shape index (κ3) is 5.46. The number of anilines is 1. The highest BCUT2D eigenvalue weighted by Gasteiger charge is 2.62. The molecule has 2 aromatic carbocycles. The number of methoxy groups -OCH3 is 1. The van der Waals surface area contributed by atoms with Gasteiger partial charge >= 0.3 is 0 Å². The second kappa shape index (κ2) is 11.7. The summed E-state index contributed by atoms with van der Waals surface area (Å²) in [5.41, 5.74) is 2.33. The minimum atomic E-state index is -4.80. The second-order valence-electron chi connectivity index (χ2n) is 11.5. The lowest BCUT2D eigenvalue weighted by molar-refractivity contribution is 0.115. The van der Waals surface area contributed by atoms with Crippen molar-refractivity contribution in [2.24, 2.45) is 11.1 Å². The van der Waals surface area contributed by atoms with Crippen molar-refractivity contribution in [3.8, 4) is 11.1 Å². The van der Waals surface area contributed by atoms with Gasteiger partial charge in [0.15, 0.2) is 0 Å². The summed E-state index contributed by atoms with van der Waals surface area (Å²) in [5, 5.41) is 17.2. The molecule has 1 aliphatic heterocycles. The van der Waals surface area contributed by atoms with E-state index in [-0.39, 0.29) is 11.6 Å².